The second-order valence-corrected chi connectivity index (χ2v) is 5.34. The highest BCUT2D eigenvalue weighted by molar-refractivity contribution is 5.80. The number of halogens is 1. The normalized spacial score (nSPS) is 10.3. The highest BCUT2D eigenvalue weighted by Crippen LogP contribution is 2.13. The average Bonchev–Trinajstić information content (AvgIpc) is 2.50. The van der Waals surface area contributed by atoms with Gasteiger partial charge in [0.15, 0.2) is 0 Å². The van der Waals surface area contributed by atoms with Crippen molar-refractivity contribution >= 4 is 11.6 Å². The van der Waals surface area contributed by atoms with Crippen LogP contribution in [-0.2, 0) is 11.2 Å². The molecule has 3 nitrogen and oxygen atoms in total. The minimum atomic E-state index is -0.273. The van der Waals surface area contributed by atoms with Gasteiger partial charge in [-0.15, -0.1) is 0 Å². The van der Waals surface area contributed by atoms with Gasteiger partial charge in [0.25, 0.3) is 0 Å². The Hall–Kier alpha value is -2.36. The van der Waals surface area contributed by atoms with Gasteiger partial charge in [0, 0.05) is 12.2 Å². The summed E-state index contributed by atoms with van der Waals surface area (Å²) < 4.78 is 13.4. The minimum absolute atomic E-state index is 0.102. The van der Waals surface area contributed by atoms with E-state index in [9.17, 15) is 9.18 Å². The first-order chi connectivity index (χ1) is 10.6. The Bertz CT molecular complexity index is 655. The van der Waals surface area contributed by atoms with Crippen LogP contribution in [0.1, 0.15) is 16.7 Å². The van der Waals surface area contributed by atoms with Crippen molar-refractivity contribution in [2.75, 3.05) is 18.4 Å². The molecule has 0 fully saturated rings. The minimum Gasteiger partial charge on any atom is -0.376 e. The lowest BCUT2D eigenvalue weighted by atomic mass is 10.1. The first-order valence-electron chi connectivity index (χ1n) is 7.37. The smallest absolute Gasteiger partial charge is 0.239 e. The molecular weight excluding hydrogens is 279 g/mol. The molecule has 0 atom stereocenters. The maximum atomic E-state index is 13.4. The summed E-state index contributed by atoms with van der Waals surface area (Å²) in [5.74, 6) is -0.375. The average molecular weight is 300 g/mol. The van der Waals surface area contributed by atoms with E-state index in [2.05, 4.69) is 29.7 Å². The molecule has 0 bridgehead atoms. The van der Waals surface area contributed by atoms with Crippen LogP contribution < -0.4 is 10.6 Å². The molecule has 0 unspecified atom stereocenters. The molecule has 2 aromatic rings. The van der Waals surface area contributed by atoms with Gasteiger partial charge in [-0.3, -0.25) is 4.79 Å². The number of benzene rings is 2. The van der Waals surface area contributed by atoms with E-state index in [1.807, 2.05) is 12.1 Å². The number of anilines is 1. The van der Waals surface area contributed by atoms with Crippen LogP contribution in [0.4, 0.5) is 10.1 Å². The molecule has 0 aliphatic rings. The largest absolute Gasteiger partial charge is 0.376 e. The van der Waals surface area contributed by atoms with Crippen LogP contribution in [0.2, 0.25) is 0 Å². The molecule has 2 N–H and O–H groups in total. The molecule has 22 heavy (non-hydrogen) atoms. The predicted octanol–water partition coefficient (Wildman–Crippen LogP) is 3.21. The van der Waals surface area contributed by atoms with Gasteiger partial charge >= 0.3 is 0 Å². The summed E-state index contributed by atoms with van der Waals surface area (Å²) in [5, 5.41) is 5.78. The van der Waals surface area contributed by atoms with E-state index < -0.39 is 0 Å². The van der Waals surface area contributed by atoms with Gasteiger partial charge in [-0.25, -0.2) is 4.39 Å². The molecule has 116 valence electrons. The summed E-state index contributed by atoms with van der Waals surface area (Å²) in [6.07, 6.45) is 0.803. The first-order valence-corrected chi connectivity index (χ1v) is 7.37. The van der Waals surface area contributed by atoms with Crippen LogP contribution in [0.5, 0.6) is 0 Å². The maximum Gasteiger partial charge on any atom is 0.239 e. The first kappa shape index (κ1) is 16.0. The van der Waals surface area contributed by atoms with Gasteiger partial charge in [0.05, 0.1) is 6.54 Å². The molecule has 2 aromatic carbocycles. The molecule has 0 saturated heterocycles. The third-order valence-electron chi connectivity index (χ3n) is 3.60. The monoisotopic (exact) mass is 300 g/mol. The van der Waals surface area contributed by atoms with E-state index in [4.69, 9.17) is 0 Å². The molecule has 0 aliphatic heterocycles. The fourth-order valence-corrected chi connectivity index (χ4v) is 2.17. The highest BCUT2D eigenvalue weighted by atomic mass is 19.1. The third kappa shape index (κ3) is 4.58. The van der Waals surface area contributed by atoms with Crippen LogP contribution in [0, 0.1) is 19.7 Å². The van der Waals surface area contributed by atoms with Crippen molar-refractivity contribution in [1.82, 2.24) is 5.32 Å². The van der Waals surface area contributed by atoms with Gasteiger partial charge in [-0.1, -0.05) is 30.3 Å². The Kier molecular flexibility index (Phi) is 5.53. The number of amides is 1. The van der Waals surface area contributed by atoms with Crippen molar-refractivity contribution < 1.29 is 9.18 Å². The molecular formula is C18H21FN2O. The number of carbonyl (C=O) groups is 1. The zero-order chi connectivity index (χ0) is 15.9. The molecule has 0 aromatic heterocycles. The molecule has 2 rings (SSSR count). The highest BCUT2D eigenvalue weighted by Gasteiger charge is 2.03. The molecule has 0 radical (unpaired) electrons. The standard InChI is InChI=1S/C18H21FN2O/c1-13-5-3-4-6-15(13)9-10-20-18(22)12-21-16-8-7-14(2)17(19)11-16/h3-8,11,21H,9-10,12H2,1-2H3,(H,20,22). The van der Waals surface area contributed by atoms with Crippen molar-refractivity contribution in [1.29, 1.82) is 0 Å². The van der Waals surface area contributed by atoms with Crippen molar-refractivity contribution in [2.45, 2.75) is 20.3 Å². The number of carbonyl (C=O) groups excluding carboxylic acids is 1. The van der Waals surface area contributed by atoms with Crippen molar-refractivity contribution in [3.63, 3.8) is 0 Å². The Morgan fingerprint density at radius 2 is 1.86 bits per heavy atom. The van der Waals surface area contributed by atoms with Gasteiger partial charge in [0.1, 0.15) is 5.82 Å². The van der Waals surface area contributed by atoms with Crippen LogP contribution >= 0.6 is 0 Å². The molecule has 0 aliphatic carbocycles. The Balaban J connectivity index is 1.74. The third-order valence-corrected chi connectivity index (χ3v) is 3.60. The lowest BCUT2D eigenvalue weighted by Crippen LogP contribution is -2.31. The summed E-state index contributed by atoms with van der Waals surface area (Å²) in [5.41, 5.74) is 3.66. The van der Waals surface area contributed by atoms with E-state index in [1.165, 1.54) is 17.2 Å². The summed E-state index contributed by atoms with van der Waals surface area (Å²) in [7, 11) is 0. The Morgan fingerprint density at radius 1 is 1.09 bits per heavy atom. The molecule has 0 heterocycles. The van der Waals surface area contributed by atoms with Crippen LogP contribution in [0.15, 0.2) is 42.5 Å². The number of hydrogen-bond acceptors (Lipinski definition) is 2. The Labute approximate surface area is 130 Å². The lowest BCUT2D eigenvalue weighted by molar-refractivity contribution is -0.119. The quantitative estimate of drug-likeness (QED) is 0.860. The van der Waals surface area contributed by atoms with E-state index >= 15 is 0 Å². The lowest BCUT2D eigenvalue weighted by Gasteiger charge is -2.09. The van der Waals surface area contributed by atoms with E-state index in [0.29, 0.717) is 17.8 Å². The fraction of sp³-hybridized carbons (Fsp3) is 0.278. The van der Waals surface area contributed by atoms with E-state index in [0.717, 1.165) is 6.42 Å². The van der Waals surface area contributed by atoms with Crippen LogP contribution in [0.3, 0.4) is 0 Å². The zero-order valence-corrected chi connectivity index (χ0v) is 12.9. The van der Waals surface area contributed by atoms with Gasteiger partial charge in [-0.05, 0) is 49.1 Å². The maximum absolute atomic E-state index is 13.4. The summed E-state index contributed by atoms with van der Waals surface area (Å²) in [4.78, 5) is 11.8. The molecule has 4 heteroatoms. The number of nitrogens with one attached hydrogen (secondary N) is 2. The molecule has 1 amide bonds. The number of hydrogen-bond donors (Lipinski definition) is 2. The second-order valence-electron chi connectivity index (χ2n) is 5.34. The fourth-order valence-electron chi connectivity index (χ4n) is 2.17. The summed E-state index contributed by atoms with van der Waals surface area (Å²) >= 11 is 0. The van der Waals surface area contributed by atoms with Gasteiger partial charge in [-0.2, -0.15) is 0 Å². The second kappa shape index (κ2) is 7.59. The van der Waals surface area contributed by atoms with E-state index in [1.54, 1.807) is 19.1 Å². The van der Waals surface area contributed by atoms with E-state index in [-0.39, 0.29) is 18.3 Å². The van der Waals surface area contributed by atoms with Crippen LogP contribution in [-0.4, -0.2) is 19.0 Å². The van der Waals surface area contributed by atoms with Crippen molar-refractivity contribution in [3.8, 4) is 0 Å². The topological polar surface area (TPSA) is 41.1 Å². The van der Waals surface area contributed by atoms with Crippen molar-refractivity contribution in [2.24, 2.45) is 0 Å². The van der Waals surface area contributed by atoms with Crippen molar-refractivity contribution in [3.05, 3.63) is 65.0 Å². The number of aryl methyl sites for hydroxylation is 2. The molecule has 0 spiro atoms. The SMILES string of the molecule is Cc1ccc(NCC(=O)NCCc2ccccc2C)cc1F. The predicted molar refractivity (Wildman–Crippen MR) is 87.5 cm³/mol. The zero-order valence-electron chi connectivity index (χ0n) is 12.9. The Morgan fingerprint density at radius 3 is 2.59 bits per heavy atom. The molecule has 0 saturated carbocycles. The number of rotatable bonds is 6. The summed E-state index contributed by atoms with van der Waals surface area (Å²) in [6, 6.07) is 13.0. The summed E-state index contributed by atoms with van der Waals surface area (Å²) in [6.45, 7) is 4.49. The van der Waals surface area contributed by atoms with Gasteiger partial charge < -0.3 is 10.6 Å². The van der Waals surface area contributed by atoms with Crippen LogP contribution in [0.25, 0.3) is 0 Å². The van der Waals surface area contributed by atoms with Gasteiger partial charge in [0.2, 0.25) is 5.91 Å².